The van der Waals surface area contributed by atoms with Crippen LogP contribution in [0.15, 0.2) is 0 Å². The van der Waals surface area contributed by atoms with Crippen LogP contribution in [-0.2, 0) is 14.3 Å². The van der Waals surface area contributed by atoms with Gasteiger partial charge in [0.15, 0.2) is 0 Å². The van der Waals surface area contributed by atoms with Gasteiger partial charge in [0.1, 0.15) is 0 Å². The highest BCUT2D eigenvalue weighted by atomic mass is 16.5. The Balaban J connectivity index is 1.69. The van der Waals surface area contributed by atoms with Crippen molar-refractivity contribution in [3.8, 4) is 0 Å². The van der Waals surface area contributed by atoms with Crippen LogP contribution < -0.4 is 5.32 Å². The Morgan fingerprint density at radius 1 is 1.00 bits per heavy atom. The maximum atomic E-state index is 12.7. The molecule has 0 saturated carbocycles. The fourth-order valence-electron chi connectivity index (χ4n) is 3.84. The molecule has 0 radical (unpaired) electrons. The van der Waals surface area contributed by atoms with Crippen molar-refractivity contribution in [1.29, 1.82) is 0 Å². The van der Waals surface area contributed by atoms with E-state index in [0.29, 0.717) is 38.3 Å². The SMILES string of the molecule is COCCNC(=O)CN1CCN(CC(=O)N2C(C)CCCC2C)CC1. The standard InChI is InChI=1S/C18H34N4O3/c1-15-5-4-6-16(2)22(15)18(24)14-21-10-8-20(9-11-21)13-17(23)19-7-12-25-3/h15-16H,4-14H2,1-3H3,(H,19,23). The fraction of sp³-hybridized carbons (Fsp3) is 0.889. The number of ether oxygens (including phenoxy) is 1. The molecule has 1 N–H and O–H groups in total. The van der Waals surface area contributed by atoms with Gasteiger partial charge in [0.05, 0.1) is 19.7 Å². The Morgan fingerprint density at radius 3 is 2.12 bits per heavy atom. The molecule has 2 rings (SSSR count). The number of nitrogens with zero attached hydrogens (tertiary/aromatic N) is 3. The van der Waals surface area contributed by atoms with Crippen LogP contribution in [-0.4, -0.2) is 98.1 Å². The van der Waals surface area contributed by atoms with Crippen LogP contribution in [0.3, 0.4) is 0 Å². The van der Waals surface area contributed by atoms with Crippen molar-refractivity contribution in [3.05, 3.63) is 0 Å². The highest BCUT2D eigenvalue weighted by Crippen LogP contribution is 2.22. The minimum atomic E-state index is 0.0394. The molecule has 7 heteroatoms. The zero-order valence-electron chi connectivity index (χ0n) is 16.0. The predicted octanol–water partition coefficient (Wildman–Crippen LogP) is 0.156. The van der Waals surface area contributed by atoms with Crippen molar-refractivity contribution < 1.29 is 14.3 Å². The summed E-state index contributed by atoms with van der Waals surface area (Å²) in [6.07, 6.45) is 3.45. The van der Waals surface area contributed by atoms with E-state index in [-0.39, 0.29) is 11.8 Å². The summed E-state index contributed by atoms with van der Waals surface area (Å²) >= 11 is 0. The lowest BCUT2D eigenvalue weighted by atomic mass is 9.97. The molecular formula is C18H34N4O3. The molecule has 0 aliphatic carbocycles. The summed E-state index contributed by atoms with van der Waals surface area (Å²) in [5, 5.41) is 2.85. The first-order valence-corrected chi connectivity index (χ1v) is 9.52. The molecule has 2 aliphatic rings. The first kappa shape index (κ1) is 20.1. The maximum Gasteiger partial charge on any atom is 0.237 e. The van der Waals surface area contributed by atoms with Crippen LogP contribution >= 0.6 is 0 Å². The molecule has 0 aromatic heterocycles. The van der Waals surface area contributed by atoms with Crippen molar-refractivity contribution in [2.24, 2.45) is 0 Å². The fourth-order valence-corrected chi connectivity index (χ4v) is 3.84. The summed E-state index contributed by atoms with van der Waals surface area (Å²) in [7, 11) is 1.62. The second-order valence-corrected chi connectivity index (χ2v) is 7.33. The monoisotopic (exact) mass is 354 g/mol. The van der Waals surface area contributed by atoms with E-state index >= 15 is 0 Å². The highest BCUT2D eigenvalue weighted by molar-refractivity contribution is 5.79. The van der Waals surface area contributed by atoms with Gasteiger partial charge in [0.2, 0.25) is 11.8 Å². The van der Waals surface area contributed by atoms with Gasteiger partial charge < -0.3 is 15.0 Å². The van der Waals surface area contributed by atoms with Crippen molar-refractivity contribution >= 4 is 11.8 Å². The molecule has 25 heavy (non-hydrogen) atoms. The molecule has 0 bridgehead atoms. The van der Waals surface area contributed by atoms with E-state index in [9.17, 15) is 9.59 Å². The normalized spacial score (nSPS) is 25.8. The van der Waals surface area contributed by atoms with Gasteiger partial charge in [0.25, 0.3) is 0 Å². The Kier molecular flexibility index (Phi) is 8.12. The minimum Gasteiger partial charge on any atom is -0.383 e. The van der Waals surface area contributed by atoms with Gasteiger partial charge in [-0.3, -0.25) is 19.4 Å². The van der Waals surface area contributed by atoms with Crippen LogP contribution in [0.25, 0.3) is 0 Å². The van der Waals surface area contributed by atoms with E-state index in [4.69, 9.17) is 4.74 Å². The lowest BCUT2D eigenvalue weighted by molar-refractivity contribution is -0.139. The van der Waals surface area contributed by atoms with Gasteiger partial charge in [-0.1, -0.05) is 0 Å². The molecule has 2 heterocycles. The second-order valence-electron chi connectivity index (χ2n) is 7.33. The van der Waals surface area contributed by atoms with Crippen molar-refractivity contribution in [2.75, 3.05) is 59.5 Å². The Hall–Kier alpha value is -1.18. The molecule has 0 aromatic carbocycles. The Labute approximate surface area is 151 Å². The smallest absolute Gasteiger partial charge is 0.237 e. The molecule has 2 fully saturated rings. The number of piperazine rings is 1. The van der Waals surface area contributed by atoms with Gasteiger partial charge in [0, 0.05) is 51.9 Å². The number of carbonyl (C=O) groups is 2. The Bertz CT molecular complexity index is 428. The topological polar surface area (TPSA) is 65.1 Å². The molecule has 144 valence electrons. The number of amides is 2. The zero-order chi connectivity index (χ0) is 18.2. The van der Waals surface area contributed by atoms with E-state index in [0.717, 1.165) is 39.0 Å². The van der Waals surface area contributed by atoms with Crippen LogP contribution in [0.4, 0.5) is 0 Å². The zero-order valence-corrected chi connectivity index (χ0v) is 16.0. The van der Waals surface area contributed by atoms with Crippen molar-refractivity contribution in [2.45, 2.75) is 45.2 Å². The molecule has 2 amide bonds. The van der Waals surface area contributed by atoms with Crippen LogP contribution in [0.5, 0.6) is 0 Å². The molecule has 2 aliphatic heterocycles. The van der Waals surface area contributed by atoms with Gasteiger partial charge in [-0.25, -0.2) is 0 Å². The summed E-state index contributed by atoms with van der Waals surface area (Å²) < 4.78 is 4.93. The van der Waals surface area contributed by atoms with Crippen molar-refractivity contribution in [3.63, 3.8) is 0 Å². The third-order valence-corrected chi connectivity index (χ3v) is 5.30. The third-order valence-electron chi connectivity index (χ3n) is 5.30. The van der Waals surface area contributed by atoms with Gasteiger partial charge in [-0.05, 0) is 33.1 Å². The third kappa shape index (κ3) is 6.24. The average molecular weight is 354 g/mol. The molecule has 0 spiro atoms. The van der Waals surface area contributed by atoms with E-state index in [1.165, 1.54) is 6.42 Å². The quantitative estimate of drug-likeness (QED) is 0.660. The number of likely N-dealkylation sites (tertiary alicyclic amines) is 1. The van der Waals surface area contributed by atoms with Gasteiger partial charge in [-0.15, -0.1) is 0 Å². The number of methoxy groups -OCH3 is 1. The van der Waals surface area contributed by atoms with E-state index < -0.39 is 0 Å². The van der Waals surface area contributed by atoms with E-state index in [1.807, 2.05) is 0 Å². The van der Waals surface area contributed by atoms with E-state index in [1.54, 1.807) is 7.11 Å². The predicted molar refractivity (Wildman–Crippen MR) is 97.4 cm³/mol. The first-order chi connectivity index (χ1) is 12.0. The summed E-state index contributed by atoms with van der Waals surface area (Å²) in [5.41, 5.74) is 0. The van der Waals surface area contributed by atoms with Crippen LogP contribution in [0, 0.1) is 0 Å². The summed E-state index contributed by atoms with van der Waals surface area (Å²) in [4.78, 5) is 31.0. The van der Waals surface area contributed by atoms with E-state index in [2.05, 4.69) is 33.9 Å². The molecule has 7 nitrogen and oxygen atoms in total. The number of hydrogen-bond acceptors (Lipinski definition) is 5. The van der Waals surface area contributed by atoms with Gasteiger partial charge >= 0.3 is 0 Å². The first-order valence-electron chi connectivity index (χ1n) is 9.52. The second kappa shape index (κ2) is 10.1. The molecule has 0 aromatic rings. The number of nitrogens with one attached hydrogen (secondary N) is 1. The maximum absolute atomic E-state index is 12.7. The lowest BCUT2D eigenvalue weighted by Gasteiger charge is -2.41. The number of rotatable bonds is 7. The number of piperidine rings is 1. The summed E-state index contributed by atoms with van der Waals surface area (Å²) in [5.74, 6) is 0.294. The van der Waals surface area contributed by atoms with Gasteiger partial charge in [-0.2, -0.15) is 0 Å². The summed E-state index contributed by atoms with van der Waals surface area (Å²) in [6.45, 7) is 9.67. The van der Waals surface area contributed by atoms with Crippen LogP contribution in [0.2, 0.25) is 0 Å². The Morgan fingerprint density at radius 2 is 1.56 bits per heavy atom. The lowest BCUT2D eigenvalue weighted by Crippen LogP contribution is -2.55. The molecule has 2 saturated heterocycles. The van der Waals surface area contributed by atoms with Crippen molar-refractivity contribution in [1.82, 2.24) is 20.0 Å². The minimum absolute atomic E-state index is 0.0394. The highest BCUT2D eigenvalue weighted by Gasteiger charge is 2.30. The molecular weight excluding hydrogens is 320 g/mol. The molecule has 2 unspecified atom stereocenters. The largest absolute Gasteiger partial charge is 0.383 e. The summed E-state index contributed by atoms with van der Waals surface area (Å²) in [6, 6.07) is 0.710. The number of carbonyl (C=O) groups excluding carboxylic acids is 2. The molecule has 2 atom stereocenters. The average Bonchev–Trinajstić information content (AvgIpc) is 2.57. The number of hydrogen-bond donors (Lipinski definition) is 1. The van der Waals surface area contributed by atoms with Crippen LogP contribution in [0.1, 0.15) is 33.1 Å².